The molecule has 1 N–H and O–H groups in total. The number of ether oxygens (including phenoxy) is 1. The van der Waals surface area contributed by atoms with Crippen molar-refractivity contribution in [3.05, 3.63) is 150 Å². The molecule has 0 bridgehead atoms. The highest BCUT2D eigenvalue weighted by Gasteiger charge is 2.57. The lowest BCUT2D eigenvalue weighted by Crippen LogP contribution is -2.29. The Morgan fingerprint density at radius 3 is 1.81 bits per heavy atom. The Kier molecular flexibility index (Phi) is 10.2. The molecule has 4 aromatic carbocycles. The summed E-state index contributed by atoms with van der Waals surface area (Å²) in [6.45, 7) is 1.15. The SMILES string of the molecule is C1=C(c2ccccc2)CCCC1.c1ccc(C(c2ccccc2)[C@@H]2CCCN2)cc1.c1ccc(C23CCCCC2O3)cc1. The molecule has 3 fully saturated rings. The van der Waals surface area contributed by atoms with E-state index in [2.05, 4.69) is 133 Å². The predicted octanol–water partition coefficient (Wildman–Crippen LogP) is 10.1. The Hall–Kier alpha value is -3.46. The summed E-state index contributed by atoms with van der Waals surface area (Å²) in [4.78, 5) is 0. The van der Waals surface area contributed by atoms with Crippen molar-refractivity contribution in [3.8, 4) is 0 Å². The second-order valence-electron chi connectivity index (χ2n) is 12.5. The first kappa shape index (κ1) is 29.6. The third-order valence-corrected chi connectivity index (χ3v) is 9.60. The van der Waals surface area contributed by atoms with Crippen molar-refractivity contribution in [3.63, 3.8) is 0 Å². The Bertz CT molecular complexity index is 1360. The minimum absolute atomic E-state index is 0.138. The van der Waals surface area contributed by atoms with Gasteiger partial charge in [-0.05, 0) is 85.7 Å². The summed E-state index contributed by atoms with van der Waals surface area (Å²) in [6, 6.07) is 43.7. The Morgan fingerprint density at radius 1 is 0.628 bits per heavy atom. The van der Waals surface area contributed by atoms with Crippen LogP contribution in [0.15, 0.2) is 127 Å². The van der Waals surface area contributed by atoms with E-state index in [0.717, 1.165) is 6.54 Å². The second-order valence-corrected chi connectivity index (χ2v) is 12.5. The van der Waals surface area contributed by atoms with E-state index in [1.54, 1.807) is 5.57 Å². The lowest BCUT2D eigenvalue weighted by molar-refractivity contribution is 0.289. The first-order valence-corrected chi connectivity index (χ1v) is 16.6. The molecule has 8 rings (SSSR count). The average Bonchev–Trinajstić information content (AvgIpc) is 3.64. The molecule has 0 amide bonds. The standard InChI is InChI=1S/C17H19N.C12H14O.C12H14/c1-3-8-14(9-4-1)17(16-12-7-13-18-16)15-10-5-2-6-11-15;1-2-6-10(7-3-1)12-9-5-4-8-11(12)13-12;1-3-7-11(8-4-1)12-9-5-2-6-10-12/h1-6,8-11,16-18H,7,12-13H2;1-3,6-7,11H,4-5,8-9H2;1,3-4,7-9H,2,5-6,10H2/t16-;;/m0../s1. The van der Waals surface area contributed by atoms with Crippen LogP contribution in [0.1, 0.15) is 92.4 Å². The van der Waals surface area contributed by atoms with Crippen LogP contribution in [0.25, 0.3) is 5.57 Å². The largest absolute Gasteiger partial charge is 0.361 e. The molecule has 2 unspecified atom stereocenters. The minimum atomic E-state index is 0.138. The van der Waals surface area contributed by atoms with E-state index in [4.69, 9.17) is 4.74 Å². The molecule has 2 saturated heterocycles. The third-order valence-electron chi connectivity index (χ3n) is 9.60. The third kappa shape index (κ3) is 7.55. The Morgan fingerprint density at radius 2 is 1.26 bits per heavy atom. The molecule has 0 aromatic heterocycles. The summed E-state index contributed by atoms with van der Waals surface area (Å²) in [5, 5.41) is 3.65. The average molecular weight is 570 g/mol. The van der Waals surface area contributed by atoms with Crippen molar-refractivity contribution in [2.75, 3.05) is 6.54 Å². The fourth-order valence-corrected chi connectivity index (χ4v) is 7.29. The van der Waals surface area contributed by atoms with E-state index in [-0.39, 0.29) is 5.60 Å². The van der Waals surface area contributed by atoms with Gasteiger partial charge in [0.1, 0.15) is 5.60 Å². The number of benzene rings is 4. The van der Waals surface area contributed by atoms with Crippen LogP contribution < -0.4 is 5.32 Å². The van der Waals surface area contributed by atoms with E-state index in [1.807, 2.05) is 0 Å². The van der Waals surface area contributed by atoms with Crippen molar-refractivity contribution in [1.82, 2.24) is 5.32 Å². The van der Waals surface area contributed by atoms with Crippen molar-refractivity contribution >= 4 is 5.57 Å². The van der Waals surface area contributed by atoms with Gasteiger partial charge in [0.2, 0.25) is 0 Å². The van der Waals surface area contributed by atoms with E-state index in [9.17, 15) is 0 Å². The highest BCUT2D eigenvalue weighted by atomic mass is 16.6. The first-order valence-electron chi connectivity index (χ1n) is 16.6. The van der Waals surface area contributed by atoms with Crippen LogP contribution in [-0.4, -0.2) is 18.7 Å². The lowest BCUT2D eigenvalue weighted by atomic mass is 9.84. The van der Waals surface area contributed by atoms with Gasteiger partial charge in [0, 0.05) is 12.0 Å². The molecule has 4 aromatic rings. The molecular weight excluding hydrogens is 522 g/mol. The predicted molar refractivity (Wildman–Crippen MR) is 180 cm³/mol. The first-order chi connectivity index (χ1) is 21.3. The molecule has 2 heteroatoms. The van der Waals surface area contributed by atoms with Gasteiger partial charge in [-0.1, -0.05) is 140 Å². The Labute approximate surface area is 259 Å². The van der Waals surface area contributed by atoms with Crippen LogP contribution in [-0.2, 0) is 10.3 Å². The summed E-state index contributed by atoms with van der Waals surface area (Å²) in [7, 11) is 0. The van der Waals surface area contributed by atoms with Gasteiger partial charge in [-0.2, -0.15) is 0 Å². The fourth-order valence-electron chi connectivity index (χ4n) is 7.29. The summed E-state index contributed by atoms with van der Waals surface area (Å²) >= 11 is 0. The number of fused-ring (bicyclic) bond motifs is 1. The zero-order valence-corrected chi connectivity index (χ0v) is 25.5. The number of rotatable bonds is 5. The van der Waals surface area contributed by atoms with Gasteiger partial charge in [-0.3, -0.25) is 0 Å². The second kappa shape index (κ2) is 14.8. The van der Waals surface area contributed by atoms with E-state index in [1.165, 1.54) is 86.5 Å². The molecule has 1 saturated carbocycles. The smallest absolute Gasteiger partial charge is 0.120 e. The minimum Gasteiger partial charge on any atom is -0.361 e. The van der Waals surface area contributed by atoms with Crippen LogP contribution in [0, 0.1) is 0 Å². The summed E-state index contributed by atoms with van der Waals surface area (Å²) < 4.78 is 5.85. The van der Waals surface area contributed by atoms with Gasteiger partial charge in [0.25, 0.3) is 0 Å². The van der Waals surface area contributed by atoms with E-state index in [0.29, 0.717) is 18.1 Å². The van der Waals surface area contributed by atoms with Gasteiger partial charge < -0.3 is 10.1 Å². The molecule has 0 radical (unpaired) electrons. The van der Waals surface area contributed by atoms with Gasteiger partial charge in [-0.15, -0.1) is 0 Å². The molecule has 222 valence electrons. The lowest BCUT2D eigenvalue weighted by Gasteiger charge is -2.25. The molecule has 43 heavy (non-hydrogen) atoms. The highest BCUT2D eigenvalue weighted by Crippen LogP contribution is 2.55. The topological polar surface area (TPSA) is 24.6 Å². The van der Waals surface area contributed by atoms with E-state index < -0.39 is 0 Å². The van der Waals surface area contributed by atoms with Gasteiger partial charge in [-0.25, -0.2) is 0 Å². The number of nitrogens with one attached hydrogen (secondary N) is 1. The molecule has 2 heterocycles. The van der Waals surface area contributed by atoms with Crippen molar-refractivity contribution in [2.24, 2.45) is 0 Å². The fraction of sp³-hybridized carbons (Fsp3) is 0.366. The molecule has 2 aliphatic carbocycles. The van der Waals surface area contributed by atoms with Crippen LogP contribution in [0.4, 0.5) is 0 Å². The summed E-state index contributed by atoms with van der Waals surface area (Å²) in [5.74, 6) is 0.481. The van der Waals surface area contributed by atoms with Gasteiger partial charge in [0.15, 0.2) is 0 Å². The van der Waals surface area contributed by atoms with Crippen molar-refractivity contribution in [1.29, 1.82) is 0 Å². The summed E-state index contributed by atoms with van der Waals surface area (Å²) in [5.41, 5.74) is 7.32. The molecular formula is C41H47NO. The number of allylic oxidation sites excluding steroid dienone is 2. The molecule has 0 spiro atoms. The normalized spacial score (nSPS) is 24.0. The maximum atomic E-state index is 5.85. The van der Waals surface area contributed by atoms with Gasteiger partial charge >= 0.3 is 0 Å². The highest BCUT2D eigenvalue weighted by molar-refractivity contribution is 5.65. The molecule has 2 aliphatic heterocycles. The maximum Gasteiger partial charge on any atom is 0.120 e. The van der Waals surface area contributed by atoms with E-state index >= 15 is 0 Å². The molecule has 3 atom stereocenters. The monoisotopic (exact) mass is 569 g/mol. The number of hydrogen-bond acceptors (Lipinski definition) is 2. The zero-order chi connectivity index (χ0) is 29.2. The van der Waals surface area contributed by atoms with Crippen LogP contribution in [0.3, 0.4) is 0 Å². The number of epoxide rings is 1. The molecule has 2 nitrogen and oxygen atoms in total. The van der Waals surface area contributed by atoms with Crippen molar-refractivity contribution in [2.45, 2.75) is 87.9 Å². The Balaban J connectivity index is 0.000000118. The molecule has 4 aliphatic rings. The summed E-state index contributed by atoms with van der Waals surface area (Å²) in [6.07, 6.45) is 15.9. The number of hydrogen-bond donors (Lipinski definition) is 1. The van der Waals surface area contributed by atoms with Crippen LogP contribution >= 0.6 is 0 Å². The quantitative estimate of drug-likeness (QED) is 0.242. The van der Waals surface area contributed by atoms with Crippen molar-refractivity contribution < 1.29 is 4.74 Å². The maximum absolute atomic E-state index is 5.85. The van der Waals surface area contributed by atoms with Crippen LogP contribution in [0.2, 0.25) is 0 Å². The van der Waals surface area contributed by atoms with Gasteiger partial charge in [0.05, 0.1) is 6.10 Å². The van der Waals surface area contributed by atoms with Crippen LogP contribution in [0.5, 0.6) is 0 Å². The zero-order valence-electron chi connectivity index (χ0n) is 25.5.